The maximum absolute atomic E-state index is 13.2. The number of aryl methyl sites for hydroxylation is 1. The molecular formula is C23H22ClNO3. The third kappa shape index (κ3) is 3.22. The van der Waals surface area contributed by atoms with Gasteiger partial charge in [-0.1, -0.05) is 29.8 Å². The van der Waals surface area contributed by atoms with Gasteiger partial charge >= 0.3 is 0 Å². The number of rotatable bonds is 3. The Kier molecular flexibility index (Phi) is 4.98. The Morgan fingerprint density at radius 1 is 1.07 bits per heavy atom. The molecule has 4 rings (SSSR count). The summed E-state index contributed by atoms with van der Waals surface area (Å²) >= 11 is 6.30. The van der Waals surface area contributed by atoms with Crippen LogP contribution in [0.25, 0.3) is 0 Å². The third-order valence-corrected chi connectivity index (χ3v) is 6.01. The van der Waals surface area contributed by atoms with Crippen LogP contribution in [-0.4, -0.2) is 18.8 Å². The SMILES string of the molecule is COc1ccc(C2CC(=O)N(c3ccc(C)c(Cl)c3)C3=C2C(=O)CCC3)cc1. The van der Waals surface area contributed by atoms with E-state index in [-0.39, 0.29) is 24.0 Å². The lowest BCUT2D eigenvalue weighted by atomic mass is 9.77. The number of nitrogens with zero attached hydrogens (tertiary/aromatic N) is 1. The van der Waals surface area contributed by atoms with Crippen molar-refractivity contribution in [3.63, 3.8) is 0 Å². The van der Waals surface area contributed by atoms with Crippen LogP contribution >= 0.6 is 11.6 Å². The number of carbonyl (C=O) groups is 2. The van der Waals surface area contributed by atoms with E-state index in [2.05, 4.69) is 0 Å². The highest BCUT2D eigenvalue weighted by molar-refractivity contribution is 6.31. The van der Waals surface area contributed by atoms with Crippen molar-refractivity contribution in [1.29, 1.82) is 0 Å². The fourth-order valence-corrected chi connectivity index (χ4v) is 4.31. The average molecular weight is 396 g/mol. The molecule has 2 aliphatic rings. The molecule has 0 bridgehead atoms. The number of hydrogen-bond acceptors (Lipinski definition) is 3. The number of Topliss-reactive ketones (excluding diaryl/α,β-unsaturated/α-hetero) is 1. The van der Waals surface area contributed by atoms with E-state index in [1.807, 2.05) is 49.4 Å². The minimum Gasteiger partial charge on any atom is -0.497 e. The van der Waals surface area contributed by atoms with Crippen molar-refractivity contribution >= 4 is 29.0 Å². The van der Waals surface area contributed by atoms with Crippen LogP contribution in [0.15, 0.2) is 53.7 Å². The molecule has 1 aliphatic heterocycles. The second-order valence-electron chi connectivity index (χ2n) is 7.33. The monoisotopic (exact) mass is 395 g/mol. The van der Waals surface area contributed by atoms with Gasteiger partial charge in [0, 0.05) is 35.1 Å². The van der Waals surface area contributed by atoms with E-state index >= 15 is 0 Å². The van der Waals surface area contributed by atoms with Gasteiger partial charge in [0.15, 0.2) is 5.78 Å². The Morgan fingerprint density at radius 3 is 2.50 bits per heavy atom. The van der Waals surface area contributed by atoms with Gasteiger partial charge in [-0.3, -0.25) is 14.5 Å². The number of halogens is 1. The maximum atomic E-state index is 13.2. The van der Waals surface area contributed by atoms with E-state index in [1.54, 1.807) is 12.0 Å². The molecule has 1 atom stereocenters. The number of carbonyl (C=O) groups excluding carboxylic acids is 2. The van der Waals surface area contributed by atoms with Crippen molar-refractivity contribution in [3.05, 3.63) is 69.9 Å². The predicted molar refractivity (Wildman–Crippen MR) is 110 cm³/mol. The molecule has 0 fully saturated rings. The molecule has 28 heavy (non-hydrogen) atoms. The van der Waals surface area contributed by atoms with Crippen LogP contribution in [0.4, 0.5) is 5.69 Å². The highest BCUT2D eigenvalue weighted by atomic mass is 35.5. The lowest BCUT2D eigenvalue weighted by Gasteiger charge is -2.38. The quantitative estimate of drug-likeness (QED) is 0.718. The normalized spacial score (nSPS) is 19.7. The topological polar surface area (TPSA) is 46.6 Å². The van der Waals surface area contributed by atoms with Crippen molar-refractivity contribution in [1.82, 2.24) is 0 Å². The molecule has 144 valence electrons. The van der Waals surface area contributed by atoms with E-state index in [0.717, 1.165) is 40.3 Å². The first-order chi connectivity index (χ1) is 13.5. The summed E-state index contributed by atoms with van der Waals surface area (Å²) in [5.74, 6) is 0.677. The second-order valence-corrected chi connectivity index (χ2v) is 7.74. The lowest BCUT2D eigenvalue weighted by molar-refractivity contribution is -0.119. The molecule has 2 aromatic rings. The van der Waals surface area contributed by atoms with Crippen LogP contribution in [0.3, 0.4) is 0 Å². The summed E-state index contributed by atoms with van der Waals surface area (Å²) in [5.41, 5.74) is 4.26. The molecule has 1 unspecified atom stereocenters. The summed E-state index contributed by atoms with van der Waals surface area (Å²) in [6.45, 7) is 1.93. The molecule has 0 N–H and O–H groups in total. The highest BCUT2D eigenvalue weighted by Gasteiger charge is 2.39. The summed E-state index contributed by atoms with van der Waals surface area (Å²) in [6, 6.07) is 13.3. The van der Waals surface area contributed by atoms with E-state index < -0.39 is 0 Å². The Bertz CT molecular complexity index is 978. The van der Waals surface area contributed by atoms with Crippen molar-refractivity contribution in [2.45, 2.75) is 38.5 Å². The average Bonchev–Trinajstić information content (AvgIpc) is 2.70. The van der Waals surface area contributed by atoms with Gasteiger partial charge in [0.25, 0.3) is 0 Å². The molecule has 0 saturated carbocycles. The predicted octanol–water partition coefficient (Wildman–Crippen LogP) is 5.18. The molecule has 0 spiro atoms. The first-order valence-corrected chi connectivity index (χ1v) is 9.86. The fourth-order valence-electron chi connectivity index (χ4n) is 4.13. The Morgan fingerprint density at radius 2 is 1.82 bits per heavy atom. The molecule has 5 heteroatoms. The highest BCUT2D eigenvalue weighted by Crippen LogP contribution is 2.44. The molecule has 1 amide bonds. The zero-order valence-electron chi connectivity index (χ0n) is 16.0. The number of allylic oxidation sites excluding steroid dienone is 2. The fraction of sp³-hybridized carbons (Fsp3) is 0.304. The summed E-state index contributed by atoms with van der Waals surface area (Å²) in [5, 5.41) is 0.617. The first kappa shape index (κ1) is 18.8. The number of benzene rings is 2. The summed E-state index contributed by atoms with van der Waals surface area (Å²) in [7, 11) is 1.62. The van der Waals surface area contributed by atoms with Crippen LogP contribution in [0, 0.1) is 6.92 Å². The standard InChI is InChI=1S/C23H22ClNO3/c1-14-6-9-16(12-19(14)24)25-20-4-3-5-21(26)23(20)18(13-22(25)27)15-7-10-17(28-2)11-8-15/h6-12,18H,3-5,13H2,1-2H3. The van der Waals surface area contributed by atoms with Gasteiger partial charge in [-0.15, -0.1) is 0 Å². The Hall–Kier alpha value is -2.59. The summed E-state index contributed by atoms with van der Waals surface area (Å²) in [4.78, 5) is 27.8. The van der Waals surface area contributed by atoms with Crippen molar-refractivity contribution in [3.8, 4) is 5.75 Å². The lowest BCUT2D eigenvalue weighted by Crippen LogP contribution is -2.40. The first-order valence-electron chi connectivity index (χ1n) is 9.49. The Balaban J connectivity index is 1.82. The van der Waals surface area contributed by atoms with Crippen molar-refractivity contribution < 1.29 is 14.3 Å². The van der Waals surface area contributed by atoms with Crippen LogP contribution in [0.1, 0.15) is 42.7 Å². The van der Waals surface area contributed by atoms with Gasteiger partial charge in [-0.2, -0.15) is 0 Å². The molecule has 0 radical (unpaired) electrons. The molecular weight excluding hydrogens is 374 g/mol. The maximum Gasteiger partial charge on any atom is 0.232 e. The number of amides is 1. The van der Waals surface area contributed by atoms with E-state index in [0.29, 0.717) is 17.9 Å². The van der Waals surface area contributed by atoms with Gasteiger partial charge in [0.2, 0.25) is 5.91 Å². The number of hydrogen-bond donors (Lipinski definition) is 0. The molecule has 0 saturated heterocycles. The van der Waals surface area contributed by atoms with Crippen molar-refractivity contribution in [2.75, 3.05) is 12.0 Å². The van der Waals surface area contributed by atoms with Gasteiger partial charge < -0.3 is 4.74 Å². The zero-order valence-corrected chi connectivity index (χ0v) is 16.8. The van der Waals surface area contributed by atoms with Crippen LogP contribution in [0.5, 0.6) is 5.75 Å². The van der Waals surface area contributed by atoms with Gasteiger partial charge in [0.05, 0.1) is 12.8 Å². The van der Waals surface area contributed by atoms with E-state index in [1.165, 1.54) is 0 Å². The third-order valence-electron chi connectivity index (χ3n) is 5.61. The summed E-state index contributed by atoms with van der Waals surface area (Å²) < 4.78 is 5.23. The molecule has 1 aliphatic carbocycles. The van der Waals surface area contributed by atoms with Crippen LogP contribution in [0.2, 0.25) is 5.02 Å². The minimum atomic E-state index is -0.210. The van der Waals surface area contributed by atoms with E-state index in [9.17, 15) is 9.59 Å². The second kappa shape index (κ2) is 7.44. The molecule has 0 aromatic heterocycles. The molecule has 1 heterocycles. The number of ketones is 1. The van der Waals surface area contributed by atoms with Gasteiger partial charge in [-0.05, 0) is 55.2 Å². The van der Waals surface area contributed by atoms with Crippen molar-refractivity contribution in [2.24, 2.45) is 0 Å². The number of methoxy groups -OCH3 is 1. The number of anilines is 1. The summed E-state index contributed by atoms with van der Waals surface area (Å²) in [6.07, 6.45) is 2.27. The zero-order chi connectivity index (χ0) is 19.8. The van der Waals surface area contributed by atoms with Gasteiger partial charge in [-0.25, -0.2) is 0 Å². The Labute approximate surface area is 169 Å². The van der Waals surface area contributed by atoms with E-state index in [4.69, 9.17) is 16.3 Å². The van der Waals surface area contributed by atoms with Gasteiger partial charge in [0.1, 0.15) is 5.75 Å². The molecule has 4 nitrogen and oxygen atoms in total. The van der Waals surface area contributed by atoms with Crippen LogP contribution < -0.4 is 9.64 Å². The van der Waals surface area contributed by atoms with Crippen LogP contribution in [-0.2, 0) is 9.59 Å². The minimum absolute atomic E-state index is 0.00538. The largest absolute Gasteiger partial charge is 0.497 e. The molecule has 2 aromatic carbocycles. The smallest absolute Gasteiger partial charge is 0.232 e. The number of ether oxygens (including phenoxy) is 1.